The third kappa shape index (κ3) is 2.58. The fraction of sp³-hybridized carbons (Fsp3) is 0.600. The van der Waals surface area contributed by atoms with Gasteiger partial charge in [-0.15, -0.1) is 8.78 Å². The largest absolute Gasteiger partial charge is 0.535 e. The second kappa shape index (κ2) is 4.22. The summed E-state index contributed by atoms with van der Waals surface area (Å²) in [6.45, 7) is 0. The minimum atomic E-state index is -3.45. The maximum absolute atomic E-state index is 12.7. The van der Waals surface area contributed by atoms with Crippen molar-refractivity contribution in [1.82, 2.24) is 0 Å². The molecule has 84 valence electrons. The van der Waals surface area contributed by atoms with Gasteiger partial charge in [-0.2, -0.15) is 0 Å². The average molecular weight is 281 g/mol. The molecule has 1 fully saturated rings. The Balaban J connectivity index is 1.99. The fourth-order valence-corrected chi connectivity index (χ4v) is 2.00. The zero-order valence-corrected chi connectivity index (χ0v) is 9.60. The summed E-state index contributed by atoms with van der Waals surface area (Å²) in [5.41, 5.74) is 1.13. The number of rotatable bonds is 3. The van der Waals surface area contributed by atoms with Crippen molar-refractivity contribution in [2.45, 2.75) is 31.7 Å². The topological polar surface area (TPSA) is 18.5 Å². The van der Waals surface area contributed by atoms with Gasteiger partial charge in [0.25, 0.3) is 0 Å². The van der Waals surface area contributed by atoms with Crippen LogP contribution in [0.1, 0.15) is 19.3 Å². The number of ether oxygens (including phenoxy) is 2. The highest BCUT2D eigenvalue weighted by molar-refractivity contribution is 9.09. The predicted octanol–water partition coefficient (Wildman–Crippen LogP) is 3.34. The predicted molar refractivity (Wildman–Crippen MR) is 54.7 cm³/mol. The SMILES string of the molecule is FC1(F)OC2=CC=C(CCCBr)CC2O1. The van der Waals surface area contributed by atoms with E-state index < -0.39 is 12.4 Å². The second-order valence-electron chi connectivity index (χ2n) is 3.56. The number of hydrogen-bond donors (Lipinski definition) is 0. The molecule has 15 heavy (non-hydrogen) atoms. The number of halogens is 3. The Labute approximate surface area is 95.1 Å². The molecule has 1 aliphatic heterocycles. The summed E-state index contributed by atoms with van der Waals surface area (Å²) in [7, 11) is 0. The molecule has 2 nitrogen and oxygen atoms in total. The Morgan fingerprint density at radius 3 is 3.00 bits per heavy atom. The first-order valence-electron chi connectivity index (χ1n) is 4.81. The minimum Gasteiger partial charge on any atom is -0.411 e. The molecule has 1 atom stereocenters. The first-order valence-corrected chi connectivity index (χ1v) is 5.93. The van der Waals surface area contributed by atoms with Gasteiger partial charge >= 0.3 is 6.29 Å². The van der Waals surface area contributed by atoms with E-state index in [9.17, 15) is 8.78 Å². The Morgan fingerprint density at radius 2 is 2.27 bits per heavy atom. The molecule has 1 aliphatic carbocycles. The summed E-state index contributed by atoms with van der Waals surface area (Å²) in [4.78, 5) is 0. The Morgan fingerprint density at radius 1 is 1.47 bits per heavy atom. The lowest BCUT2D eigenvalue weighted by atomic mass is 9.98. The Kier molecular flexibility index (Phi) is 3.11. The van der Waals surface area contributed by atoms with E-state index in [0.29, 0.717) is 6.42 Å². The third-order valence-electron chi connectivity index (χ3n) is 2.40. The monoisotopic (exact) mass is 280 g/mol. The molecule has 0 amide bonds. The van der Waals surface area contributed by atoms with Crippen LogP contribution in [-0.2, 0) is 9.47 Å². The molecule has 1 heterocycles. The van der Waals surface area contributed by atoms with E-state index >= 15 is 0 Å². The van der Waals surface area contributed by atoms with Gasteiger partial charge in [-0.05, 0) is 18.9 Å². The summed E-state index contributed by atoms with van der Waals surface area (Å²) in [5.74, 6) is 0.239. The molecule has 0 bridgehead atoms. The van der Waals surface area contributed by atoms with Crippen LogP contribution in [0.3, 0.4) is 0 Å². The minimum absolute atomic E-state index is 0.239. The lowest BCUT2D eigenvalue weighted by Crippen LogP contribution is -2.18. The van der Waals surface area contributed by atoms with Crippen molar-refractivity contribution in [2.24, 2.45) is 0 Å². The van der Waals surface area contributed by atoms with Gasteiger partial charge in [-0.1, -0.05) is 27.6 Å². The van der Waals surface area contributed by atoms with Crippen LogP contribution in [0, 0.1) is 0 Å². The molecule has 2 rings (SSSR count). The van der Waals surface area contributed by atoms with E-state index in [2.05, 4.69) is 25.4 Å². The van der Waals surface area contributed by atoms with Crippen molar-refractivity contribution in [3.05, 3.63) is 23.5 Å². The van der Waals surface area contributed by atoms with Gasteiger partial charge in [0.15, 0.2) is 0 Å². The molecule has 0 aromatic heterocycles. The standard InChI is InChI=1S/C10H11BrF2O2/c11-5-1-2-7-3-4-8-9(6-7)15-10(12,13)14-8/h3-4,9H,1-2,5-6H2. The molecule has 0 radical (unpaired) electrons. The van der Waals surface area contributed by atoms with E-state index in [4.69, 9.17) is 0 Å². The third-order valence-corrected chi connectivity index (χ3v) is 2.96. The first kappa shape index (κ1) is 11.1. The number of allylic oxidation sites excluding steroid dienone is 2. The van der Waals surface area contributed by atoms with Gasteiger partial charge in [0, 0.05) is 11.8 Å². The van der Waals surface area contributed by atoms with Gasteiger partial charge in [0.05, 0.1) is 0 Å². The van der Waals surface area contributed by atoms with E-state index in [1.165, 1.54) is 0 Å². The van der Waals surface area contributed by atoms with Gasteiger partial charge in [0.2, 0.25) is 0 Å². The van der Waals surface area contributed by atoms with Gasteiger partial charge in [-0.25, -0.2) is 0 Å². The van der Waals surface area contributed by atoms with Crippen LogP contribution in [0.15, 0.2) is 23.5 Å². The van der Waals surface area contributed by atoms with Crippen LogP contribution >= 0.6 is 15.9 Å². The lowest BCUT2D eigenvalue weighted by Gasteiger charge is -2.14. The molecule has 0 aromatic rings. The van der Waals surface area contributed by atoms with Crippen molar-refractivity contribution in [2.75, 3.05) is 5.33 Å². The van der Waals surface area contributed by atoms with E-state index in [0.717, 1.165) is 23.7 Å². The molecule has 1 unspecified atom stereocenters. The summed E-state index contributed by atoms with van der Waals surface area (Å²) >= 11 is 3.33. The summed E-state index contributed by atoms with van der Waals surface area (Å²) in [5, 5.41) is 0.916. The maximum atomic E-state index is 12.7. The van der Waals surface area contributed by atoms with Gasteiger partial charge < -0.3 is 4.74 Å². The quantitative estimate of drug-likeness (QED) is 0.739. The fourth-order valence-electron chi connectivity index (χ4n) is 1.72. The molecule has 0 N–H and O–H groups in total. The normalized spacial score (nSPS) is 27.8. The zero-order valence-electron chi connectivity index (χ0n) is 8.01. The van der Waals surface area contributed by atoms with Crippen molar-refractivity contribution >= 4 is 15.9 Å². The lowest BCUT2D eigenvalue weighted by molar-refractivity contribution is -0.341. The molecule has 5 heteroatoms. The maximum Gasteiger partial charge on any atom is 0.535 e. The van der Waals surface area contributed by atoms with Crippen LogP contribution in [0.5, 0.6) is 0 Å². The number of alkyl halides is 3. The molecule has 1 saturated heterocycles. The van der Waals surface area contributed by atoms with Crippen LogP contribution < -0.4 is 0 Å². The van der Waals surface area contributed by atoms with Crippen molar-refractivity contribution in [3.63, 3.8) is 0 Å². The van der Waals surface area contributed by atoms with Crippen molar-refractivity contribution in [1.29, 1.82) is 0 Å². The molecule has 2 aliphatic rings. The van der Waals surface area contributed by atoms with Crippen LogP contribution in [0.4, 0.5) is 8.78 Å². The van der Waals surface area contributed by atoms with E-state index in [1.54, 1.807) is 6.08 Å². The van der Waals surface area contributed by atoms with E-state index in [-0.39, 0.29) is 5.76 Å². The smallest absolute Gasteiger partial charge is 0.411 e. The highest BCUT2D eigenvalue weighted by Gasteiger charge is 2.47. The Hall–Kier alpha value is -0.420. The molecular formula is C10H11BrF2O2. The van der Waals surface area contributed by atoms with Crippen molar-refractivity contribution < 1.29 is 18.3 Å². The highest BCUT2D eigenvalue weighted by atomic mass is 79.9. The Bertz CT molecular complexity index is 313. The van der Waals surface area contributed by atoms with Crippen LogP contribution in [0.25, 0.3) is 0 Å². The summed E-state index contributed by atoms with van der Waals surface area (Å²) in [6, 6.07) is 0. The van der Waals surface area contributed by atoms with Gasteiger partial charge in [-0.3, -0.25) is 4.74 Å². The van der Waals surface area contributed by atoms with Crippen LogP contribution in [0.2, 0.25) is 0 Å². The first-order chi connectivity index (χ1) is 7.11. The van der Waals surface area contributed by atoms with Gasteiger partial charge in [0.1, 0.15) is 11.9 Å². The molecule has 0 spiro atoms. The van der Waals surface area contributed by atoms with Crippen molar-refractivity contribution in [3.8, 4) is 0 Å². The number of fused-ring (bicyclic) bond motifs is 1. The van der Waals surface area contributed by atoms with E-state index in [1.807, 2.05) is 6.08 Å². The molecule has 0 aromatic carbocycles. The highest BCUT2D eigenvalue weighted by Crippen LogP contribution is 2.39. The summed E-state index contributed by atoms with van der Waals surface area (Å²) < 4.78 is 34.3. The number of hydrogen-bond acceptors (Lipinski definition) is 2. The molecule has 0 saturated carbocycles. The molecular weight excluding hydrogens is 270 g/mol. The van der Waals surface area contributed by atoms with Crippen LogP contribution in [-0.4, -0.2) is 17.7 Å². The second-order valence-corrected chi connectivity index (χ2v) is 4.36. The zero-order chi connectivity index (χ0) is 10.9. The summed E-state index contributed by atoms with van der Waals surface area (Å²) in [6.07, 6.45) is 1.79. The average Bonchev–Trinajstić information content (AvgIpc) is 2.47.